The van der Waals surface area contributed by atoms with Gasteiger partial charge >= 0.3 is 6.09 Å². The molecule has 0 spiro atoms. The minimum absolute atomic E-state index is 0.0230. The number of phenols is 1. The van der Waals surface area contributed by atoms with Crippen LogP contribution in [-0.4, -0.2) is 90.3 Å². The van der Waals surface area contributed by atoms with Crippen LogP contribution in [0.5, 0.6) is 17.2 Å². The first-order chi connectivity index (χ1) is 24.2. The van der Waals surface area contributed by atoms with Gasteiger partial charge in [0.15, 0.2) is 17.7 Å². The zero-order valence-electron chi connectivity index (χ0n) is 28.5. The number of hydrogen-bond acceptors (Lipinski definition) is 10. The number of fused-ring (bicyclic) bond motifs is 5. The van der Waals surface area contributed by atoms with E-state index in [9.17, 15) is 24.6 Å². The molecule has 0 bridgehead atoms. The van der Waals surface area contributed by atoms with E-state index in [1.54, 1.807) is 28.0 Å². The average Bonchev–Trinajstić information content (AvgIpc) is 3.79. The molecular formula is C36H44ClN3O8S2. The average molecular weight is 746 g/mol. The molecule has 3 aliphatic heterocycles. The fraction of sp³-hybridized carbons (Fsp3) is 0.472. The first-order valence-corrected chi connectivity index (χ1v) is 19.4. The number of amides is 3. The summed E-state index contributed by atoms with van der Waals surface area (Å²) in [5.41, 5.74) is 2.29. The maximum atomic E-state index is 13.6. The minimum atomic E-state index is -1.30. The number of aliphatic hydroxyl groups is 1. The molecule has 50 heavy (non-hydrogen) atoms. The molecule has 0 saturated carbocycles. The number of benzene rings is 3. The smallest absolute Gasteiger partial charge is 0.416 e. The van der Waals surface area contributed by atoms with E-state index in [-0.39, 0.29) is 40.7 Å². The van der Waals surface area contributed by atoms with E-state index in [1.165, 1.54) is 24.3 Å². The van der Waals surface area contributed by atoms with Gasteiger partial charge in [0.05, 0.1) is 36.7 Å². The zero-order valence-corrected chi connectivity index (χ0v) is 30.9. The molecule has 0 aromatic heterocycles. The second-order valence-corrected chi connectivity index (χ2v) is 14.0. The number of ether oxygens (including phenoxy) is 3. The van der Waals surface area contributed by atoms with E-state index in [0.29, 0.717) is 56.9 Å². The number of halogens is 1. The van der Waals surface area contributed by atoms with Gasteiger partial charge in [-0.05, 0) is 62.5 Å². The minimum Gasteiger partial charge on any atom is -0.507 e. The molecule has 14 heteroatoms. The summed E-state index contributed by atoms with van der Waals surface area (Å²) in [7, 11) is 2.74. The highest BCUT2D eigenvalue weighted by molar-refractivity contribution is 8.68. The lowest BCUT2D eigenvalue weighted by atomic mass is 10.0. The lowest BCUT2D eigenvalue weighted by Crippen LogP contribution is -2.51. The lowest BCUT2D eigenvalue weighted by Gasteiger charge is -2.32. The molecule has 270 valence electrons. The highest BCUT2D eigenvalue weighted by Gasteiger charge is 2.45. The predicted octanol–water partition coefficient (Wildman–Crippen LogP) is 6.78. The molecule has 3 aromatic rings. The Labute approximate surface area is 306 Å². The van der Waals surface area contributed by atoms with Crippen LogP contribution in [0.3, 0.4) is 0 Å². The summed E-state index contributed by atoms with van der Waals surface area (Å²) in [6.07, 6.45) is 3.85. The van der Waals surface area contributed by atoms with Crippen LogP contribution < -0.4 is 19.3 Å². The number of alkyl halides is 1. The number of carbonyl (C=O) groups is 3. The Kier molecular flexibility index (Phi) is 12.9. The van der Waals surface area contributed by atoms with Crippen molar-refractivity contribution in [1.82, 2.24) is 4.90 Å². The standard InChI is InChI=1S/C35H41N3O8S2.CH3Cl/c1-21(48-47)20-46-35(43)38-28-19-31(30(44-2)17-25(28)33(41)37-14-8-11-26(37)34(38)42)45-16-7-3-4-12-32(40)36-15-13-23-22-9-5-6-10-24(22)29(39)18-27(23)36;1-2/h5-6,9-10,17-19,21,26,34,39,42,47H,3-4,7-8,11-16,20H2,1-2H3;1H3. The number of anilines is 2. The Morgan fingerprint density at radius 2 is 1.82 bits per heavy atom. The Morgan fingerprint density at radius 3 is 2.56 bits per heavy atom. The number of rotatable bonds is 11. The van der Waals surface area contributed by atoms with Gasteiger partial charge in [-0.1, -0.05) is 35.1 Å². The van der Waals surface area contributed by atoms with Gasteiger partial charge in [-0.2, -0.15) is 0 Å². The number of aliphatic hydroxyl groups excluding tert-OH is 1. The Morgan fingerprint density at radius 1 is 1.06 bits per heavy atom. The van der Waals surface area contributed by atoms with Crippen molar-refractivity contribution in [3.8, 4) is 17.2 Å². The SMILES string of the molecule is CCl.COc1cc2c(cc1OCCCCCC(=O)N1CCc3c1cc(O)c1ccccc31)N(C(=O)OCC(C)SS)C(O)C1CCCN1C2=O. The third kappa shape index (κ3) is 7.70. The molecule has 3 heterocycles. The summed E-state index contributed by atoms with van der Waals surface area (Å²) in [4.78, 5) is 44.7. The third-order valence-corrected chi connectivity index (χ3v) is 10.9. The van der Waals surface area contributed by atoms with Crippen molar-refractivity contribution >= 4 is 74.1 Å². The molecular weight excluding hydrogens is 702 g/mol. The number of unbranched alkanes of at least 4 members (excludes halogenated alkanes) is 2. The van der Waals surface area contributed by atoms with Crippen molar-refractivity contribution < 1.29 is 38.8 Å². The van der Waals surface area contributed by atoms with Gasteiger partial charge in [0.2, 0.25) is 5.91 Å². The molecule has 3 amide bonds. The fourth-order valence-electron chi connectivity index (χ4n) is 6.89. The molecule has 3 aliphatic rings. The fourth-order valence-corrected chi connectivity index (χ4v) is 7.20. The zero-order chi connectivity index (χ0) is 35.9. The van der Waals surface area contributed by atoms with Crippen molar-refractivity contribution in [2.75, 3.05) is 49.6 Å². The van der Waals surface area contributed by atoms with Crippen LogP contribution in [0.1, 0.15) is 61.4 Å². The summed E-state index contributed by atoms with van der Waals surface area (Å²) in [6.45, 7) is 3.33. The first kappa shape index (κ1) is 37.7. The second-order valence-electron chi connectivity index (χ2n) is 12.4. The van der Waals surface area contributed by atoms with E-state index >= 15 is 0 Å². The summed E-state index contributed by atoms with van der Waals surface area (Å²) in [6, 6.07) is 12.0. The number of phenolic OH excluding ortho intramolecular Hbond substituents is 1. The molecule has 1 saturated heterocycles. The number of hydrogen-bond donors (Lipinski definition) is 3. The van der Waals surface area contributed by atoms with Gasteiger partial charge in [-0.25, -0.2) is 9.69 Å². The maximum absolute atomic E-state index is 13.6. The van der Waals surface area contributed by atoms with Crippen LogP contribution in [0, 0.1) is 0 Å². The van der Waals surface area contributed by atoms with E-state index in [2.05, 4.69) is 23.3 Å². The molecule has 6 rings (SSSR count). The van der Waals surface area contributed by atoms with Gasteiger partial charge in [-0.3, -0.25) is 9.59 Å². The highest BCUT2D eigenvalue weighted by Crippen LogP contribution is 2.42. The number of carbonyl (C=O) groups excluding carboxylic acids is 3. The number of nitrogens with zero attached hydrogens (tertiary/aromatic N) is 3. The van der Waals surface area contributed by atoms with Crippen molar-refractivity contribution in [2.45, 2.75) is 69.4 Å². The molecule has 3 aromatic carbocycles. The van der Waals surface area contributed by atoms with E-state index in [4.69, 9.17) is 14.2 Å². The Bertz CT molecular complexity index is 1710. The second kappa shape index (κ2) is 17.1. The quantitative estimate of drug-likeness (QED) is 0.0842. The van der Waals surface area contributed by atoms with Crippen molar-refractivity contribution in [3.63, 3.8) is 0 Å². The molecule has 3 atom stereocenters. The summed E-state index contributed by atoms with van der Waals surface area (Å²) >= 11 is 8.82. The Hall–Kier alpha value is -3.52. The number of aromatic hydroxyl groups is 1. The first-order valence-electron chi connectivity index (χ1n) is 16.7. The number of methoxy groups -OCH3 is 1. The Balaban J connectivity index is 0.00000239. The molecule has 1 fully saturated rings. The topological polar surface area (TPSA) is 129 Å². The summed E-state index contributed by atoms with van der Waals surface area (Å²) in [5, 5.41) is 23.7. The monoisotopic (exact) mass is 745 g/mol. The summed E-state index contributed by atoms with van der Waals surface area (Å²) < 4.78 is 17.2. The number of thiol groups is 1. The molecule has 3 unspecified atom stereocenters. The van der Waals surface area contributed by atoms with E-state index < -0.39 is 18.4 Å². The van der Waals surface area contributed by atoms with Crippen LogP contribution in [0.2, 0.25) is 0 Å². The van der Waals surface area contributed by atoms with Crippen molar-refractivity contribution in [1.29, 1.82) is 0 Å². The van der Waals surface area contributed by atoms with Crippen molar-refractivity contribution in [3.05, 3.63) is 53.6 Å². The van der Waals surface area contributed by atoms with Crippen LogP contribution in [0.25, 0.3) is 10.8 Å². The molecule has 0 radical (unpaired) electrons. The highest BCUT2D eigenvalue weighted by atomic mass is 35.5. The third-order valence-electron chi connectivity index (χ3n) is 9.34. The van der Waals surface area contributed by atoms with Crippen LogP contribution in [0.4, 0.5) is 16.2 Å². The normalized spacial score (nSPS) is 18.4. The van der Waals surface area contributed by atoms with Gasteiger partial charge in [0, 0.05) is 48.7 Å². The maximum Gasteiger partial charge on any atom is 0.416 e. The van der Waals surface area contributed by atoms with Gasteiger partial charge in [0.1, 0.15) is 12.4 Å². The van der Waals surface area contributed by atoms with E-state index in [0.717, 1.165) is 46.2 Å². The van der Waals surface area contributed by atoms with Crippen molar-refractivity contribution in [2.24, 2.45) is 0 Å². The predicted molar refractivity (Wildman–Crippen MR) is 200 cm³/mol. The van der Waals surface area contributed by atoms with Gasteiger partial charge in [0.25, 0.3) is 5.91 Å². The van der Waals surface area contributed by atoms with Crippen LogP contribution in [0.15, 0.2) is 42.5 Å². The van der Waals surface area contributed by atoms with Crippen LogP contribution >= 0.6 is 34.1 Å². The molecule has 11 nitrogen and oxygen atoms in total. The van der Waals surface area contributed by atoms with Gasteiger partial charge in [-0.15, -0.1) is 23.3 Å². The largest absolute Gasteiger partial charge is 0.507 e. The summed E-state index contributed by atoms with van der Waals surface area (Å²) in [5.74, 6) is 0.568. The molecule has 0 aliphatic carbocycles. The lowest BCUT2D eigenvalue weighted by molar-refractivity contribution is -0.118. The van der Waals surface area contributed by atoms with Gasteiger partial charge < -0.3 is 34.2 Å². The molecule has 2 N–H and O–H groups in total. The van der Waals surface area contributed by atoms with Crippen LogP contribution in [-0.2, 0) is 16.0 Å². The van der Waals surface area contributed by atoms with E-state index in [1.807, 2.05) is 31.2 Å².